The van der Waals surface area contributed by atoms with Gasteiger partial charge < -0.3 is 11.1 Å². The Bertz CT molecular complexity index is 439. The van der Waals surface area contributed by atoms with Crippen LogP contribution in [0.25, 0.3) is 0 Å². The molecule has 1 aliphatic carbocycles. The predicted molar refractivity (Wildman–Crippen MR) is 76.2 cm³/mol. The summed E-state index contributed by atoms with van der Waals surface area (Å²) in [6, 6.07) is 0. The number of carbonyl (C=O) groups is 1. The molecule has 2 atom stereocenters. The van der Waals surface area contributed by atoms with Gasteiger partial charge in [-0.25, -0.2) is 0 Å². The third-order valence-electron chi connectivity index (χ3n) is 3.25. The molecular weight excluding hydrogens is 288 g/mol. The molecule has 1 aliphatic rings. The maximum absolute atomic E-state index is 11.5. The van der Waals surface area contributed by atoms with Gasteiger partial charge in [0.2, 0.25) is 5.91 Å². The van der Waals surface area contributed by atoms with E-state index in [-0.39, 0.29) is 5.91 Å². The Morgan fingerprint density at radius 3 is 2.78 bits per heavy atom. The fraction of sp³-hybridized carbons (Fsp3) is 0.700. The third kappa shape index (κ3) is 2.81. The van der Waals surface area contributed by atoms with Gasteiger partial charge in [-0.05, 0) is 32.6 Å². The van der Waals surface area contributed by atoms with Gasteiger partial charge in [0.25, 0.3) is 0 Å². The fourth-order valence-electron chi connectivity index (χ4n) is 2.14. The van der Waals surface area contributed by atoms with Crippen LogP contribution in [0.2, 0.25) is 0 Å². The van der Waals surface area contributed by atoms with Crippen LogP contribution in [0.5, 0.6) is 0 Å². The Hall–Kier alpha value is -0.310. The van der Waals surface area contributed by atoms with Crippen molar-refractivity contribution < 1.29 is 4.79 Å². The van der Waals surface area contributed by atoms with Gasteiger partial charge >= 0.3 is 0 Å². The van der Waals surface area contributed by atoms with Crippen molar-refractivity contribution in [2.75, 3.05) is 13.3 Å². The molecule has 8 heteroatoms. The first kappa shape index (κ1) is 14.1. The second-order valence-corrected chi connectivity index (χ2v) is 7.80. The molecular formula is C10H16N4OS3. The van der Waals surface area contributed by atoms with E-state index in [0.29, 0.717) is 5.25 Å². The van der Waals surface area contributed by atoms with E-state index in [1.807, 2.05) is 6.26 Å². The van der Waals surface area contributed by atoms with Crippen LogP contribution >= 0.6 is 34.9 Å². The molecule has 1 heterocycles. The molecule has 0 saturated heterocycles. The van der Waals surface area contributed by atoms with E-state index in [9.17, 15) is 4.79 Å². The van der Waals surface area contributed by atoms with Crippen LogP contribution in [-0.2, 0) is 4.79 Å². The zero-order valence-electron chi connectivity index (χ0n) is 10.3. The molecule has 1 aromatic rings. The van der Waals surface area contributed by atoms with E-state index in [4.69, 9.17) is 5.73 Å². The summed E-state index contributed by atoms with van der Waals surface area (Å²) in [7, 11) is 1.80. The second-order valence-electron chi connectivity index (χ2n) is 4.22. The molecule has 1 aromatic heterocycles. The summed E-state index contributed by atoms with van der Waals surface area (Å²) in [6.07, 6.45) is 4.52. The van der Waals surface area contributed by atoms with Crippen LogP contribution in [0.1, 0.15) is 19.3 Å². The molecule has 2 unspecified atom stereocenters. The molecule has 0 aliphatic heterocycles. The largest absolute Gasteiger partial charge is 0.368 e. The summed E-state index contributed by atoms with van der Waals surface area (Å²) in [5.41, 5.74) is 4.95. The Morgan fingerprint density at radius 1 is 1.56 bits per heavy atom. The number of nitrogens with two attached hydrogens (primary N) is 1. The molecule has 0 aromatic carbocycles. The zero-order chi connectivity index (χ0) is 13.2. The minimum Gasteiger partial charge on any atom is -0.368 e. The molecule has 0 bridgehead atoms. The summed E-state index contributed by atoms with van der Waals surface area (Å²) < 4.78 is 1.95. The quantitative estimate of drug-likeness (QED) is 0.799. The number of nitrogens with one attached hydrogen (secondary N) is 1. The number of aromatic nitrogens is 2. The SMILES string of the molecule is CNC1(C(N)=O)CCC(Sc2nnc(SC)s2)C1. The minimum atomic E-state index is -0.537. The maximum atomic E-state index is 11.5. The molecule has 0 radical (unpaired) electrons. The monoisotopic (exact) mass is 304 g/mol. The Kier molecular flexibility index (Phi) is 4.52. The third-order valence-corrected chi connectivity index (χ3v) is 6.50. The van der Waals surface area contributed by atoms with Gasteiger partial charge in [-0.2, -0.15) is 0 Å². The maximum Gasteiger partial charge on any atom is 0.237 e. The number of rotatable bonds is 5. The van der Waals surface area contributed by atoms with Crippen LogP contribution in [0.15, 0.2) is 8.68 Å². The Balaban J connectivity index is 1.98. The normalized spacial score (nSPS) is 27.6. The summed E-state index contributed by atoms with van der Waals surface area (Å²) in [5.74, 6) is -0.254. The summed E-state index contributed by atoms with van der Waals surface area (Å²) in [5, 5.41) is 11.7. The first-order valence-electron chi connectivity index (χ1n) is 5.62. The highest BCUT2D eigenvalue weighted by atomic mass is 32.2. The number of primary amides is 1. The van der Waals surface area contributed by atoms with Gasteiger partial charge in [-0.15, -0.1) is 10.2 Å². The lowest BCUT2D eigenvalue weighted by atomic mass is 9.97. The van der Waals surface area contributed by atoms with Crippen LogP contribution in [0, 0.1) is 0 Å². The van der Waals surface area contributed by atoms with E-state index < -0.39 is 5.54 Å². The molecule has 5 nitrogen and oxygen atoms in total. The number of carbonyl (C=O) groups excluding carboxylic acids is 1. The highest BCUT2D eigenvalue weighted by molar-refractivity contribution is 8.03. The van der Waals surface area contributed by atoms with Gasteiger partial charge in [0.1, 0.15) is 0 Å². The van der Waals surface area contributed by atoms with Crippen molar-refractivity contribution >= 4 is 40.8 Å². The van der Waals surface area contributed by atoms with Crippen LogP contribution in [-0.4, -0.2) is 40.2 Å². The first-order chi connectivity index (χ1) is 8.59. The fourth-order valence-corrected chi connectivity index (χ4v) is 5.12. The van der Waals surface area contributed by atoms with Crippen molar-refractivity contribution in [3.05, 3.63) is 0 Å². The van der Waals surface area contributed by atoms with E-state index in [1.165, 1.54) is 0 Å². The molecule has 2 rings (SSSR count). The van der Waals surface area contributed by atoms with Gasteiger partial charge in [-0.3, -0.25) is 4.79 Å². The smallest absolute Gasteiger partial charge is 0.237 e. The average Bonchev–Trinajstić information content (AvgIpc) is 2.97. The lowest BCUT2D eigenvalue weighted by Gasteiger charge is -2.24. The predicted octanol–water partition coefficient (Wildman–Crippen LogP) is 1.35. The minimum absolute atomic E-state index is 0.254. The summed E-state index contributed by atoms with van der Waals surface area (Å²) >= 11 is 4.91. The van der Waals surface area contributed by atoms with Crippen molar-refractivity contribution in [3.63, 3.8) is 0 Å². The lowest BCUT2D eigenvalue weighted by molar-refractivity contribution is -0.124. The molecule has 1 fully saturated rings. The molecule has 100 valence electrons. The molecule has 1 amide bonds. The van der Waals surface area contributed by atoms with Crippen molar-refractivity contribution in [1.82, 2.24) is 15.5 Å². The number of likely N-dealkylation sites (N-methyl/N-ethyl adjacent to an activating group) is 1. The van der Waals surface area contributed by atoms with Crippen LogP contribution in [0.3, 0.4) is 0 Å². The Labute approximate surface area is 119 Å². The first-order valence-corrected chi connectivity index (χ1v) is 8.54. The molecule has 3 N–H and O–H groups in total. The number of nitrogens with zero attached hydrogens (tertiary/aromatic N) is 2. The number of amides is 1. The van der Waals surface area contributed by atoms with Gasteiger partial charge in [0, 0.05) is 5.25 Å². The highest BCUT2D eigenvalue weighted by Gasteiger charge is 2.43. The average molecular weight is 304 g/mol. The summed E-state index contributed by atoms with van der Waals surface area (Å²) in [6.45, 7) is 0. The number of thioether (sulfide) groups is 2. The number of hydrogen-bond donors (Lipinski definition) is 2. The van der Waals surface area contributed by atoms with Crippen LogP contribution in [0.4, 0.5) is 0 Å². The van der Waals surface area contributed by atoms with E-state index in [1.54, 1.807) is 41.9 Å². The molecule has 0 spiro atoms. The lowest BCUT2D eigenvalue weighted by Crippen LogP contribution is -2.52. The van der Waals surface area contributed by atoms with Crippen molar-refractivity contribution in [1.29, 1.82) is 0 Å². The topological polar surface area (TPSA) is 80.9 Å². The second kappa shape index (κ2) is 5.77. The van der Waals surface area contributed by atoms with E-state index >= 15 is 0 Å². The van der Waals surface area contributed by atoms with Crippen molar-refractivity contribution in [2.45, 2.75) is 38.7 Å². The van der Waals surface area contributed by atoms with Crippen molar-refractivity contribution in [3.8, 4) is 0 Å². The van der Waals surface area contributed by atoms with E-state index in [0.717, 1.165) is 27.9 Å². The summed E-state index contributed by atoms with van der Waals surface area (Å²) in [4.78, 5) is 11.5. The Morgan fingerprint density at radius 2 is 2.28 bits per heavy atom. The zero-order valence-corrected chi connectivity index (χ0v) is 12.8. The molecule has 1 saturated carbocycles. The standard InChI is InChI=1S/C10H16N4OS3/c1-12-10(7(11)15)4-3-6(5-10)17-9-14-13-8(16-2)18-9/h6,12H,3-5H2,1-2H3,(H2,11,15). The number of hydrogen-bond acceptors (Lipinski definition) is 7. The van der Waals surface area contributed by atoms with Gasteiger partial charge in [0.15, 0.2) is 8.68 Å². The van der Waals surface area contributed by atoms with Crippen molar-refractivity contribution in [2.24, 2.45) is 5.73 Å². The van der Waals surface area contributed by atoms with E-state index in [2.05, 4.69) is 15.5 Å². The highest BCUT2D eigenvalue weighted by Crippen LogP contribution is 2.41. The van der Waals surface area contributed by atoms with Crippen LogP contribution < -0.4 is 11.1 Å². The van der Waals surface area contributed by atoms with Gasteiger partial charge in [0.05, 0.1) is 5.54 Å². The van der Waals surface area contributed by atoms with Gasteiger partial charge in [-0.1, -0.05) is 34.9 Å². The molecule has 18 heavy (non-hydrogen) atoms.